The van der Waals surface area contributed by atoms with Crippen LogP contribution in [0.25, 0.3) is 0 Å². The number of carbonyl (C=O) groups excluding carboxylic acids is 2. The molecule has 0 N–H and O–H groups in total. The van der Waals surface area contributed by atoms with Gasteiger partial charge in [0.25, 0.3) is 0 Å². The first-order valence-corrected chi connectivity index (χ1v) is 8.29. The average molecular weight is 356 g/mol. The molecule has 26 heavy (non-hydrogen) atoms. The van der Waals surface area contributed by atoms with Crippen molar-refractivity contribution in [2.75, 3.05) is 37.6 Å². The molecule has 2 rings (SSSR count). The number of para-hydroxylation sites is 1. The summed E-state index contributed by atoms with van der Waals surface area (Å²) in [5.41, 5.74) is 1.39. The second-order valence-corrected chi connectivity index (χ2v) is 5.75. The van der Waals surface area contributed by atoms with Crippen molar-refractivity contribution in [2.45, 2.75) is 13.3 Å². The number of anilines is 2. The van der Waals surface area contributed by atoms with Crippen LogP contribution in [0, 0.1) is 0 Å². The lowest BCUT2D eigenvalue weighted by Gasteiger charge is -2.25. The Morgan fingerprint density at radius 3 is 2.27 bits per heavy atom. The fraction of sp³-hybridized carbons (Fsp3) is 0.300. The third-order valence-corrected chi connectivity index (χ3v) is 4.12. The molecule has 0 unspecified atom stereocenters. The predicted octanol–water partition coefficient (Wildman–Crippen LogP) is 3.11. The average Bonchev–Trinajstić information content (AvgIpc) is 2.67. The second-order valence-electron chi connectivity index (χ2n) is 5.75. The Hall–Kier alpha value is -3.02. The Morgan fingerprint density at radius 1 is 1.00 bits per heavy atom. The van der Waals surface area contributed by atoms with Crippen molar-refractivity contribution in [2.24, 2.45) is 0 Å². The summed E-state index contributed by atoms with van der Waals surface area (Å²) in [5, 5.41) is 0. The minimum atomic E-state index is -0.174. The Balaban J connectivity index is 2.16. The summed E-state index contributed by atoms with van der Waals surface area (Å²) in [7, 11) is 4.82. The molecule has 0 aliphatic heterocycles. The zero-order chi connectivity index (χ0) is 19.1. The summed E-state index contributed by atoms with van der Waals surface area (Å²) >= 11 is 0. The molecule has 2 aromatic carbocycles. The van der Waals surface area contributed by atoms with E-state index >= 15 is 0 Å². The molecule has 0 aliphatic rings. The first-order valence-electron chi connectivity index (χ1n) is 8.29. The van der Waals surface area contributed by atoms with Crippen molar-refractivity contribution in [1.82, 2.24) is 0 Å². The van der Waals surface area contributed by atoms with Gasteiger partial charge in [-0.05, 0) is 24.3 Å². The van der Waals surface area contributed by atoms with Crippen molar-refractivity contribution in [3.05, 3.63) is 48.5 Å². The molecule has 0 spiro atoms. The normalized spacial score (nSPS) is 10.2. The highest BCUT2D eigenvalue weighted by Crippen LogP contribution is 2.32. The van der Waals surface area contributed by atoms with E-state index in [1.807, 2.05) is 30.3 Å². The smallest absolute Gasteiger partial charge is 0.228 e. The van der Waals surface area contributed by atoms with E-state index in [0.29, 0.717) is 17.2 Å². The molecule has 0 bridgehead atoms. The van der Waals surface area contributed by atoms with Crippen LogP contribution in [0.1, 0.15) is 13.3 Å². The van der Waals surface area contributed by atoms with Crippen molar-refractivity contribution < 1.29 is 19.1 Å². The van der Waals surface area contributed by atoms with Crippen LogP contribution in [0.5, 0.6) is 11.5 Å². The number of benzene rings is 2. The van der Waals surface area contributed by atoms with Crippen molar-refractivity contribution >= 4 is 23.2 Å². The topological polar surface area (TPSA) is 59.1 Å². The summed E-state index contributed by atoms with van der Waals surface area (Å²) < 4.78 is 10.6. The molecule has 0 saturated carbocycles. The minimum Gasteiger partial charge on any atom is -0.497 e. The Morgan fingerprint density at radius 2 is 1.69 bits per heavy atom. The Bertz CT molecular complexity index is 762. The van der Waals surface area contributed by atoms with E-state index in [4.69, 9.17) is 9.47 Å². The van der Waals surface area contributed by atoms with Gasteiger partial charge in [0.2, 0.25) is 11.8 Å². The molecule has 0 saturated heterocycles. The van der Waals surface area contributed by atoms with Gasteiger partial charge in [0.15, 0.2) is 0 Å². The number of hydrogen-bond acceptors (Lipinski definition) is 4. The van der Waals surface area contributed by atoms with E-state index in [2.05, 4.69) is 0 Å². The molecule has 2 aromatic rings. The zero-order valence-electron chi connectivity index (χ0n) is 15.6. The highest BCUT2D eigenvalue weighted by atomic mass is 16.5. The van der Waals surface area contributed by atoms with Gasteiger partial charge in [-0.2, -0.15) is 0 Å². The molecule has 6 nitrogen and oxygen atoms in total. The first-order chi connectivity index (χ1) is 12.5. The monoisotopic (exact) mass is 356 g/mol. The quantitative estimate of drug-likeness (QED) is 0.765. The van der Waals surface area contributed by atoms with Crippen LogP contribution in [0.3, 0.4) is 0 Å². The number of nitrogens with zero attached hydrogens (tertiary/aromatic N) is 2. The molecule has 0 fully saturated rings. The van der Waals surface area contributed by atoms with Crippen molar-refractivity contribution in [1.29, 1.82) is 0 Å². The lowest BCUT2D eigenvalue weighted by molar-refractivity contribution is -0.118. The summed E-state index contributed by atoms with van der Waals surface area (Å²) in [6.07, 6.45) is 0.186. The van der Waals surface area contributed by atoms with E-state index in [1.165, 1.54) is 18.9 Å². The highest BCUT2D eigenvalue weighted by Gasteiger charge is 2.20. The van der Waals surface area contributed by atoms with Crippen LogP contribution in [0.2, 0.25) is 0 Å². The lowest BCUT2D eigenvalue weighted by Crippen LogP contribution is -2.35. The van der Waals surface area contributed by atoms with Gasteiger partial charge in [-0.25, -0.2) is 0 Å². The van der Waals surface area contributed by atoms with Gasteiger partial charge in [-0.15, -0.1) is 0 Å². The number of ether oxygens (including phenoxy) is 2. The molecule has 0 aromatic heterocycles. The lowest BCUT2D eigenvalue weighted by atomic mass is 10.2. The predicted molar refractivity (Wildman–Crippen MR) is 102 cm³/mol. The van der Waals surface area contributed by atoms with Crippen molar-refractivity contribution in [3.63, 3.8) is 0 Å². The zero-order valence-corrected chi connectivity index (χ0v) is 15.6. The van der Waals surface area contributed by atoms with E-state index < -0.39 is 0 Å². The number of rotatable bonds is 7. The molecule has 0 aliphatic carbocycles. The summed E-state index contributed by atoms with van der Waals surface area (Å²) in [6, 6.07) is 14.6. The summed E-state index contributed by atoms with van der Waals surface area (Å²) in [5.74, 6) is 0.903. The van der Waals surface area contributed by atoms with Crippen LogP contribution in [-0.4, -0.2) is 39.6 Å². The number of amides is 2. The second kappa shape index (κ2) is 8.89. The van der Waals surface area contributed by atoms with Crippen LogP contribution < -0.4 is 19.3 Å². The number of hydrogen-bond donors (Lipinski definition) is 0. The van der Waals surface area contributed by atoms with E-state index in [9.17, 15) is 9.59 Å². The standard InChI is InChI=1S/C20H24N2O4/c1-15(23)22(18-14-17(25-3)10-11-19(18)26-4)13-12-20(24)21(2)16-8-6-5-7-9-16/h5-11,14H,12-13H2,1-4H3. The van der Waals surface area contributed by atoms with Crippen LogP contribution in [0.4, 0.5) is 11.4 Å². The fourth-order valence-corrected chi connectivity index (χ4v) is 2.63. The maximum absolute atomic E-state index is 12.5. The Labute approximate surface area is 153 Å². The SMILES string of the molecule is COc1ccc(OC)c(N(CCC(=O)N(C)c2ccccc2)C(C)=O)c1. The summed E-state index contributed by atoms with van der Waals surface area (Å²) in [4.78, 5) is 27.8. The molecule has 0 radical (unpaired) electrons. The number of carbonyl (C=O) groups is 2. The van der Waals surface area contributed by atoms with Gasteiger partial charge in [0, 0.05) is 38.7 Å². The third-order valence-electron chi connectivity index (χ3n) is 4.12. The largest absolute Gasteiger partial charge is 0.497 e. The molecule has 2 amide bonds. The van der Waals surface area contributed by atoms with Crippen LogP contribution >= 0.6 is 0 Å². The Kier molecular flexibility index (Phi) is 6.60. The molecule has 138 valence electrons. The van der Waals surface area contributed by atoms with Gasteiger partial charge in [-0.1, -0.05) is 18.2 Å². The van der Waals surface area contributed by atoms with Gasteiger partial charge >= 0.3 is 0 Å². The van der Waals surface area contributed by atoms with Gasteiger partial charge in [-0.3, -0.25) is 9.59 Å². The minimum absolute atomic E-state index is 0.0793. The highest BCUT2D eigenvalue weighted by molar-refractivity contribution is 5.96. The maximum Gasteiger partial charge on any atom is 0.228 e. The van der Waals surface area contributed by atoms with Crippen molar-refractivity contribution in [3.8, 4) is 11.5 Å². The van der Waals surface area contributed by atoms with Gasteiger partial charge < -0.3 is 19.3 Å². The molecule has 0 heterocycles. The summed E-state index contributed by atoms with van der Waals surface area (Å²) in [6.45, 7) is 1.71. The van der Waals surface area contributed by atoms with Crippen LogP contribution in [0.15, 0.2) is 48.5 Å². The molecule has 6 heteroatoms. The van der Waals surface area contributed by atoms with E-state index in [-0.39, 0.29) is 24.8 Å². The third kappa shape index (κ3) is 4.53. The molecule has 0 atom stereocenters. The molecular weight excluding hydrogens is 332 g/mol. The van der Waals surface area contributed by atoms with E-state index in [1.54, 1.807) is 37.3 Å². The van der Waals surface area contributed by atoms with Crippen LogP contribution in [-0.2, 0) is 9.59 Å². The van der Waals surface area contributed by atoms with Gasteiger partial charge in [0.05, 0.1) is 19.9 Å². The van der Waals surface area contributed by atoms with Gasteiger partial charge in [0.1, 0.15) is 11.5 Å². The molecular formula is C20H24N2O4. The van der Waals surface area contributed by atoms with E-state index in [0.717, 1.165) is 5.69 Å². The maximum atomic E-state index is 12.5. The fourth-order valence-electron chi connectivity index (χ4n) is 2.63. The first kappa shape index (κ1) is 19.3. The number of methoxy groups -OCH3 is 2.